The van der Waals surface area contributed by atoms with Gasteiger partial charge in [0.2, 0.25) is 5.91 Å². The third-order valence-electron chi connectivity index (χ3n) is 4.64. The number of rotatable bonds is 5. The lowest BCUT2D eigenvalue weighted by Crippen LogP contribution is -2.52. The fraction of sp³-hybridized carbons (Fsp3) is 0.867. The van der Waals surface area contributed by atoms with E-state index < -0.39 is 5.97 Å². The smallest absolute Gasteiger partial charge is 0.303 e. The highest BCUT2D eigenvalue weighted by atomic mass is 16.5. The minimum Gasteiger partial charge on any atom is -0.481 e. The Bertz CT molecular complexity index is 361. The number of morpholine rings is 1. The van der Waals surface area contributed by atoms with Gasteiger partial charge >= 0.3 is 5.97 Å². The number of carbonyl (C=O) groups is 2. The van der Waals surface area contributed by atoms with E-state index in [2.05, 4.69) is 4.90 Å². The number of aliphatic carboxylic acids is 1. The summed E-state index contributed by atoms with van der Waals surface area (Å²) in [4.78, 5) is 27.2. The van der Waals surface area contributed by atoms with Crippen LogP contribution in [0.5, 0.6) is 0 Å². The molecule has 0 aromatic heterocycles. The van der Waals surface area contributed by atoms with Crippen molar-refractivity contribution >= 4 is 11.9 Å². The van der Waals surface area contributed by atoms with Gasteiger partial charge in [-0.25, -0.2) is 0 Å². The molecule has 1 N–H and O–H groups in total. The van der Waals surface area contributed by atoms with Gasteiger partial charge in [0.05, 0.1) is 19.3 Å². The zero-order valence-corrected chi connectivity index (χ0v) is 12.8. The first-order chi connectivity index (χ1) is 10.1. The van der Waals surface area contributed by atoms with Crippen LogP contribution in [-0.2, 0) is 14.3 Å². The number of amides is 1. The van der Waals surface area contributed by atoms with Gasteiger partial charge in [0.15, 0.2) is 0 Å². The van der Waals surface area contributed by atoms with Crippen molar-refractivity contribution in [1.29, 1.82) is 0 Å². The van der Waals surface area contributed by atoms with Crippen LogP contribution in [0.4, 0.5) is 0 Å². The third kappa shape index (κ3) is 4.68. The Morgan fingerprint density at radius 2 is 1.81 bits per heavy atom. The van der Waals surface area contributed by atoms with E-state index in [4.69, 9.17) is 9.84 Å². The molecule has 1 unspecified atom stereocenters. The Kier molecular flexibility index (Phi) is 5.99. The highest BCUT2D eigenvalue weighted by Gasteiger charge is 2.30. The molecular weight excluding hydrogens is 272 g/mol. The van der Waals surface area contributed by atoms with Gasteiger partial charge in [-0.05, 0) is 45.2 Å². The quantitative estimate of drug-likeness (QED) is 0.813. The van der Waals surface area contributed by atoms with Crippen LogP contribution in [0, 0.1) is 5.92 Å². The second kappa shape index (κ2) is 7.75. The topological polar surface area (TPSA) is 70.1 Å². The fourth-order valence-corrected chi connectivity index (χ4v) is 3.16. The molecule has 2 aliphatic rings. The lowest BCUT2D eigenvalue weighted by molar-refractivity contribution is -0.141. The minimum atomic E-state index is -0.715. The number of carboxylic acid groups (broad SMARTS) is 1. The zero-order chi connectivity index (χ0) is 15.2. The van der Waals surface area contributed by atoms with Crippen LogP contribution in [0.2, 0.25) is 0 Å². The standard InChI is InChI=1S/C15H26N2O4/c1-12(15(20)17-8-10-21-11-9-17)16-6-4-13(5-7-16)2-3-14(18)19/h12-13H,2-11H2,1H3,(H,18,19). The number of hydrogen-bond donors (Lipinski definition) is 1. The maximum absolute atomic E-state index is 12.4. The molecule has 6 heteroatoms. The lowest BCUT2D eigenvalue weighted by atomic mass is 9.91. The molecule has 6 nitrogen and oxygen atoms in total. The maximum atomic E-state index is 12.4. The predicted molar refractivity (Wildman–Crippen MR) is 78.0 cm³/mol. The Balaban J connectivity index is 1.75. The maximum Gasteiger partial charge on any atom is 0.303 e. The summed E-state index contributed by atoms with van der Waals surface area (Å²) in [6.45, 7) is 6.42. The molecule has 1 amide bonds. The molecule has 120 valence electrons. The highest BCUT2D eigenvalue weighted by Crippen LogP contribution is 2.23. The Labute approximate surface area is 126 Å². The van der Waals surface area contributed by atoms with Crippen molar-refractivity contribution in [1.82, 2.24) is 9.80 Å². The van der Waals surface area contributed by atoms with Gasteiger partial charge in [0, 0.05) is 19.5 Å². The van der Waals surface area contributed by atoms with E-state index in [1.54, 1.807) is 0 Å². The molecule has 0 radical (unpaired) electrons. The van der Waals surface area contributed by atoms with Gasteiger partial charge in [0.1, 0.15) is 0 Å². The summed E-state index contributed by atoms with van der Waals surface area (Å²) in [5.74, 6) is -0.0291. The lowest BCUT2D eigenvalue weighted by Gasteiger charge is -2.38. The van der Waals surface area contributed by atoms with Gasteiger partial charge in [0.25, 0.3) is 0 Å². The average Bonchev–Trinajstić information content (AvgIpc) is 2.53. The van der Waals surface area contributed by atoms with E-state index >= 15 is 0 Å². The summed E-state index contributed by atoms with van der Waals surface area (Å²) in [5, 5.41) is 8.73. The van der Waals surface area contributed by atoms with Crippen LogP contribution >= 0.6 is 0 Å². The molecule has 0 bridgehead atoms. The van der Waals surface area contributed by atoms with Crippen LogP contribution in [0.25, 0.3) is 0 Å². The Hall–Kier alpha value is -1.14. The van der Waals surface area contributed by atoms with Crippen molar-refractivity contribution in [3.05, 3.63) is 0 Å². The average molecular weight is 298 g/mol. The molecule has 1 atom stereocenters. The van der Waals surface area contributed by atoms with E-state index in [0.717, 1.165) is 32.4 Å². The molecule has 0 spiro atoms. The van der Waals surface area contributed by atoms with Crippen molar-refractivity contribution in [2.24, 2.45) is 5.92 Å². The van der Waals surface area contributed by atoms with E-state index in [1.165, 1.54) is 0 Å². The molecule has 2 heterocycles. The number of nitrogens with zero attached hydrogens (tertiary/aromatic N) is 2. The first-order valence-electron chi connectivity index (χ1n) is 7.90. The van der Waals surface area contributed by atoms with Gasteiger partial charge in [-0.3, -0.25) is 14.5 Å². The predicted octanol–water partition coefficient (Wildman–Crippen LogP) is 0.810. The van der Waals surface area contributed by atoms with Gasteiger partial charge in [-0.2, -0.15) is 0 Å². The largest absolute Gasteiger partial charge is 0.481 e. The number of piperidine rings is 1. The zero-order valence-electron chi connectivity index (χ0n) is 12.8. The first-order valence-corrected chi connectivity index (χ1v) is 7.90. The summed E-state index contributed by atoms with van der Waals surface area (Å²) in [7, 11) is 0. The number of likely N-dealkylation sites (tertiary alicyclic amines) is 1. The minimum absolute atomic E-state index is 0.0801. The van der Waals surface area contributed by atoms with E-state index in [1.807, 2.05) is 11.8 Å². The normalized spacial score (nSPS) is 23.0. The fourth-order valence-electron chi connectivity index (χ4n) is 3.16. The summed E-state index contributed by atoms with van der Waals surface area (Å²) in [5.41, 5.74) is 0. The first kappa shape index (κ1) is 16.2. The molecule has 2 fully saturated rings. The second-order valence-electron chi connectivity index (χ2n) is 6.03. The Morgan fingerprint density at radius 1 is 1.19 bits per heavy atom. The Morgan fingerprint density at radius 3 is 2.38 bits per heavy atom. The van der Waals surface area contributed by atoms with Crippen molar-refractivity contribution in [2.75, 3.05) is 39.4 Å². The van der Waals surface area contributed by atoms with Crippen molar-refractivity contribution < 1.29 is 19.4 Å². The molecule has 2 rings (SSSR count). The highest BCUT2D eigenvalue weighted by molar-refractivity contribution is 5.81. The molecular formula is C15H26N2O4. The van der Waals surface area contributed by atoms with Crippen molar-refractivity contribution in [3.63, 3.8) is 0 Å². The molecule has 2 aliphatic heterocycles. The number of hydrogen-bond acceptors (Lipinski definition) is 4. The van der Waals surface area contributed by atoms with Gasteiger partial charge < -0.3 is 14.7 Å². The van der Waals surface area contributed by atoms with Crippen LogP contribution < -0.4 is 0 Å². The monoisotopic (exact) mass is 298 g/mol. The summed E-state index contributed by atoms with van der Waals surface area (Å²) < 4.78 is 5.28. The van der Waals surface area contributed by atoms with Crippen molar-refractivity contribution in [3.8, 4) is 0 Å². The molecule has 0 saturated carbocycles. The molecule has 0 aromatic rings. The van der Waals surface area contributed by atoms with E-state index in [-0.39, 0.29) is 18.4 Å². The van der Waals surface area contributed by atoms with Crippen LogP contribution in [0.1, 0.15) is 32.6 Å². The van der Waals surface area contributed by atoms with Crippen LogP contribution in [0.3, 0.4) is 0 Å². The van der Waals surface area contributed by atoms with E-state index in [9.17, 15) is 9.59 Å². The van der Waals surface area contributed by atoms with E-state index in [0.29, 0.717) is 32.2 Å². The van der Waals surface area contributed by atoms with Gasteiger partial charge in [-0.1, -0.05) is 0 Å². The van der Waals surface area contributed by atoms with Crippen LogP contribution in [-0.4, -0.2) is 72.2 Å². The molecule has 0 aliphatic carbocycles. The molecule has 21 heavy (non-hydrogen) atoms. The summed E-state index contributed by atoms with van der Waals surface area (Å²) >= 11 is 0. The number of ether oxygens (including phenoxy) is 1. The number of carboxylic acids is 1. The SMILES string of the molecule is CC(C(=O)N1CCOCC1)N1CCC(CCC(=O)O)CC1. The van der Waals surface area contributed by atoms with Crippen molar-refractivity contribution in [2.45, 2.75) is 38.6 Å². The number of carbonyl (C=O) groups excluding carboxylic acids is 1. The van der Waals surface area contributed by atoms with Gasteiger partial charge in [-0.15, -0.1) is 0 Å². The third-order valence-corrected chi connectivity index (χ3v) is 4.64. The summed E-state index contributed by atoms with van der Waals surface area (Å²) in [6, 6.07) is -0.0801. The van der Waals surface area contributed by atoms with Crippen LogP contribution in [0.15, 0.2) is 0 Å². The molecule has 2 saturated heterocycles. The summed E-state index contributed by atoms with van der Waals surface area (Å²) in [6.07, 6.45) is 3.00. The molecule has 0 aromatic carbocycles. The second-order valence-corrected chi connectivity index (χ2v) is 6.03.